The van der Waals surface area contributed by atoms with Crippen molar-refractivity contribution in [2.45, 2.75) is 19.3 Å². The van der Waals surface area contributed by atoms with Crippen molar-refractivity contribution in [2.75, 3.05) is 0 Å². The van der Waals surface area contributed by atoms with Crippen LogP contribution < -0.4 is 0 Å². The number of rotatable bonds is 3. The van der Waals surface area contributed by atoms with Gasteiger partial charge in [-0.1, -0.05) is 0 Å². The maximum atomic E-state index is 10.6. The highest BCUT2D eigenvalue weighted by Gasteiger charge is 2.42. The minimum absolute atomic E-state index is 0.0239. The number of carbonyl (C=O) groups excluding carboxylic acids is 1. The van der Waals surface area contributed by atoms with Crippen molar-refractivity contribution < 1.29 is 9.21 Å². The molecule has 1 fully saturated rings. The summed E-state index contributed by atoms with van der Waals surface area (Å²) in [5, 5.41) is 0. The van der Waals surface area contributed by atoms with E-state index in [-0.39, 0.29) is 5.41 Å². The SMILES string of the molecule is O=CC1(Cc2ccoc2)CC1. The summed E-state index contributed by atoms with van der Waals surface area (Å²) in [5.41, 5.74) is 1.11. The van der Waals surface area contributed by atoms with E-state index in [0.29, 0.717) is 0 Å². The number of furan rings is 1. The Kier molecular flexibility index (Phi) is 1.34. The summed E-state index contributed by atoms with van der Waals surface area (Å²) in [6.07, 6.45) is 7.39. The van der Waals surface area contributed by atoms with Crippen LogP contribution in [-0.4, -0.2) is 6.29 Å². The monoisotopic (exact) mass is 150 g/mol. The fourth-order valence-corrected chi connectivity index (χ4v) is 1.30. The first kappa shape index (κ1) is 6.65. The first-order valence-electron chi connectivity index (χ1n) is 3.82. The molecule has 1 aromatic heterocycles. The predicted octanol–water partition coefficient (Wildman–Crippen LogP) is 1.80. The van der Waals surface area contributed by atoms with Crippen molar-refractivity contribution in [1.29, 1.82) is 0 Å². The van der Waals surface area contributed by atoms with Crippen molar-refractivity contribution in [3.8, 4) is 0 Å². The largest absolute Gasteiger partial charge is 0.472 e. The Morgan fingerprint density at radius 1 is 1.64 bits per heavy atom. The number of hydrogen-bond acceptors (Lipinski definition) is 2. The fourth-order valence-electron chi connectivity index (χ4n) is 1.30. The maximum absolute atomic E-state index is 10.6. The molecule has 0 spiro atoms. The summed E-state index contributed by atoms with van der Waals surface area (Å²) in [6.45, 7) is 0. The zero-order chi connectivity index (χ0) is 7.73. The highest BCUT2D eigenvalue weighted by atomic mass is 16.3. The van der Waals surface area contributed by atoms with Gasteiger partial charge in [0, 0.05) is 5.41 Å². The molecule has 0 radical (unpaired) electrons. The van der Waals surface area contributed by atoms with E-state index in [1.165, 1.54) is 0 Å². The maximum Gasteiger partial charge on any atom is 0.126 e. The molecule has 0 bridgehead atoms. The summed E-state index contributed by atoms with van der Waals surface area (Å²) in [5.74, 6) is 0. The van der Waals surface area contributed by atoms with Crippen molar-refractivity contribution in [3.05, 3.63) is 24.2 Å². The van der Waals surface area contributed by atoms with E-state index in [9.17, 15) is 4.79 Å². The zero-order valence-electron chi connectivity index (χ0n) is 6.25. The molecule has 0 aliphatic heterocycles. The Balaban J connectivity index is 2.06. The van der Waals surface area contributed by atoms with Crippen LogP contribution in [0.25, 0.3) is 0 Å². The number of carbonyl (C=O) groups is 1. The molecule has 11 heavy (non-hydrogen) atoms. The first-order chi connectivity index (χ1) is 5.35. The second-order valence-corrected chi connectivity index (χ2v) is 3.29. The van der Waals surface area contributed by atoms with Crippen LogP contribution >= 0.6 is 0 Å². The van der Waals surface area contributed by atoms with Gasteiger partial charge in [-0.2, -0.15) is 0 Å². The molecular weight excluding hydrogens is 140 g/mol. The van der Waals surface area contributed by atoms with Gasteiger partial charge in [0.25, 0.3) is 0 Å². The second-order valence-electron chi connectivity index (χ2n) is 3.29. The minimum Gasteiger partial charge on any atom is -0.472 e. The van der Waals surface area contributed by atoms with E-state index in [4.69, 9.17) is 4.42 Å². The van der Waals surface area contributed by atoms with Gasteiger partial charge in [0.2, 0.25) is 0 Å². The van der Waals surface area contributed by atoms with E-state index in [0.717, 1.165) is 31.1 Å². The van der Waals surface area contributed by atoms with Gasteiger partial charge >= 0.3 is 0 Å². The van der Waals surface area contributed by atoms with Crippen LogP contribution in [0.4, 0.5) is 0 Å². The highest BCUT2D eigenvalue weighted by Crippen LogP contribution is 2.46. The third kappa shape index (κ3) is 1.20. The fraction of sp³-hybridized carbons (Fsp3) is 0.444. The molecule has 0 N–H and O–H groups in total. The molecule has 0 saturated heterocycles. The molecule has 1 aliphatic carbocycles. The summed E-state index contributed by atoms with van der Waals surface area (Å²) in [6, 6.07) is 1.92. The molecular formula is C9H10O2. The molecule has 2 nitrogen and oxygen atoms in total. The lowest BCUT2D eigenvalue weighted by Gasteiger charge is -2.01. The first-order valence-corrected chi connectivity index (χ1v) is 3.82. The zero-order valence-corrected chi connectivity index (χ0v) is 6.25. The molecule has 0 amide bonds. The molecule has 0 aromatic carbocycles. The second kappa shape index (κ2) is 2.22. The standard InChI is InChI=1S/C9H10O2/c10-7-9(2-3-9)5-8-1-4-11-6-8/h1,4,6-7H,2-3,5H2. The number of hydrogen-bond donors (Lipinski definition) is 0. The Morgan fingerprint density at radius 3 is 2.91 bits per heavy atom. The van der Waals surface area contributed by atoms with Crippen LogP contribution in [0.2, 0.25) is 0 Å². The molecule has 58 valence electrons. The van der Waals surface area contributed by atoms with E-state index < -0.39 is 0 Å². The van der Waals surface area contributed by atoms with E-state index >= 15 is 0 Å². The number of aldehydes is 1. The van der Waals surface area contributed by atoms with Gasteiger partial charge in [0.15, 0.2) is 0 Å². The van der Waals surface area contributed by atoms with Crippen LogP contribution in [0.15, 0.2) is 23.0 Å². The van der Waals surface area contributed by atoms with E-state index in [2.05, 4.69) is 0 Å². The molecule has 0 unspecified atom stereocenters. The lowest BCUT2D eigenvalue weighted by atomic mass is 10.0. The van der Waals surface area contributed by atoms with Gasteiger partial charge < -0.3 is 9.21 Å². The van der Waals surface area contributed by atoms with Crippen molar-refractivity contribution in [2.24, 2.45) is 5.41 Å². The molecule has 2 rings (SSSR count). The van der Waals surface area contributed by atoms with Crippen molar-refractivity contribution in [3.63, 3.8) is 0 Å². The third-order valence-corrected chi connectivity index (χ3v) is 2.28. The molecule has 2 heteroatoms. The topological polar surface area (TPSA) is 30.2 Å². The highest BCUT2D eigenvalue weighted by molar-refractivity contribution is 5.64. The predicted molar refractivity (Wildman–Crippen MR) is 40.1 cm³/mol. The molecule has 1 heterocycles. The van der Waals surface area contributed by atoms with Crippen LogP contribution in [0, 0.1) is 5.41 Å². The van der Waals surface area contributed by atoms with E-state index in [1.807, 2.05) is 6.07 Å². The van der Waals surface area contributed by atoms with Crippen molar-refractivity contribution in [1.82, 2.24) is 0 Å². The van der Waals surface area contributed by atoms with Gasteiger partial charge in [-0.05, 0) is 30.9 Å². The average Bonchev–Trinajstić information content (AvgIpc) is 2.59. The minimum atomic E-state index is -0.0239. The van der Waals surface area contributed by atoms with Gasteiger partial charge in [-0.15, -0.1) is 0 Å². The Hall–Kier alpha value is -1.05. The van der Waals surface area contributed by atoms with Crippen molar-refractivity contribution >= 4 is 6.29 Å². The average molecular weight is 150 g/mol. The normalized spacial score (nSPS) is 19.6. The lowest BCUT2D eigenvalue weighted by Crippen LogP contribution is -2.04. The molecule has 1 saturated carbocycles. The quantitative estimate of drug-likeness (QED) is 0.615. The van der Waals surface area contributed by atoms with Crippen LogP contribution in [0.5, 0.6) is 0 Å². The smallest absolute Gasteiger partial charge is 0.126 e. The van der Waals surface area contributed by atoms with Gasteiger partial charge in [0.05, 0.1) is 12.5 Å². The van der Waals surface area contributed by atoms with Crippen LogP contribution in [0.3, 0.4) is 0 Å². The lowest BCUT2D eigenvalue weighted by molar-refractivity contribution is -0.112. The Labute approximate surface area is 65.2 Å². The molecule has 1 aromatic rings. The van der Waals surface area contributed by atoms with Crippen LogP contribution in [0.1, 0.15) is 18.4 Å². The molecule has 0 atom stereocenters. The van der Waals surface area contributed by atoms with Gasteiger partial charge in [-0.25, -0.2) is 0 Å². The van der Waals surface area contributed by atoms with Gasteiger partial charge in [-0.3, -0.25) is 0 Å². The Bertz CT molecular complexity index is 245. The van der Waals surface area contributed by atoms with Gasteiger partial charge in [0.1, 0.15) is 6.29 Å². The summed E-state index contributed by atoms with van der Waals surface area (Å²) >= 11 is 0. The van der Waals surface area contributed by atoms with Crippen LogP contribution in [-0.2, 0) is 11.2 Å². The van der Waals surface area contributed by atoms with E-state index in [1.54, 1.807) is 12.5 Å². The molecule has 1 aliphatic rings. The summed E-state index contributed by atoms with van der Waals surface area (Å²) in [7, 11) is 0. The summed E-state index contributed by atoms with van der Waals surface area (Å²) in [4.78, 5) is 10.6. The Morgan fingerprint density at radius 2 is 2.45 bits per heavy atom. The summed E-state index contributed by atoms with van der Waals surface area (Å²) < 4.78 is 4.92. The third-order valence-electron chi connectivity index (χ3n) is 2.28.